The molecule has 158 valence electrons. The molecule has 2 aromatic heterocycles. The number of piperidine rings is 1. The maximum Gasteiger partial charge on any atom is 0.253 e. The molecular weight excluding hydrogens is 386 g/mol. The predicted octanol–water partition coefficient (Wildman–Crippen LogP) is 4.15. The summed E-state index contributed by atoms with van der Waals surface area (Å²) < 4.78 is 22.1. The summed E-state index contributed by atoms with van der Waals surface area (Å²) in [4.78, 5) is 14.9. The molecule has 1 aliphatic heterocycles. The van der Waals surface area contributed by atoms with Crippen molar-refractivity contribution < 1.29 is 23.1 Å². The van der Waals surface area contributed by atoms with Crippen LogP contribution < -0.4 is 9.47 Å². The third kappa shape index (κ3) is 4.17. The molecule has 3 aromatic rings. The molecule has 0 aliphatic carbocycles. The van der Waals surface area contributed by atoms with Crippen molar-refractivity contribution in [2.24, 2.45) is 0 Å². The first-order chi connectivity index (χ1) is 14.7. The number of likely N-dealkylation sites (tertiary alicyclic amines) is 1. The SMILES string of the molecule is CCOc1ccc(C(=O)N2CCC(c3nnc(-c4ccoc4)o3)CC2)cc1OCC. The molecule has 0 N–H and O–H groups in total. The second-order valence-electron chi connectivity index (χ2n) is 7.05. The molecule has 1 aromatic carbocycles. The molecule has 0 saturated carbocycles. The highest BCUT2D eigenvalue weighted by atomic mass is 16.5. The summed E-state index contributed by atoms with van der Waals surface area (Å²) in [5.41, 5.74) is 1.36. The molecule has 1 aliphatic rings. The number of ether oxygens (including phenoxy) is 2. The lowest BCUT2D eigenvalue weighted by molar-refractivity contribution is 0.0706. The second kappa shape index (κ2) is 9.02. The Labute approximate surface area is 174 Å². The minimum absolute atomic E-state index is 0.0120. The van der Waals surface area contributed by atoms with Crippen molar-refractivity contribution in [3.63, 3.8) is 0 Å². The third-order valence-electron chi connectivity index (χ3n) is 5.13. The zero-order valence-electron chi connectivity index (χ0n) is 17.2. The average molecular weight is 411 g/mol. The largest absolute Gasteiger partial charge is 0.490 e. The second-order valence-corrected chi connectivity index (χ2v) is 7.05. The molecule has 3 heterocycles. The molecule has 1 saturated heterocycles. The van der Waals surface area contributed by atoms with E-state index in [1.807, 2.05) is 18.7 Å². The van der Waals surface area contributed by atoms with Crippen LogP contribution in [0.3, 0.4) is 0 Å². The molecule has 8 nitrogen and oxygen atoms in total. The van der Waals surface area contributed by atoms with Gasteiger partial charge in [0.2, 0.25) is 5.89 Å². The fourth-order valence-corrected chi connectivity index (χ4v) is 3.60. The van der Waals surface area contributed by atoms with Crippen molar-refractivity contribution in [1.82, 2.24) is 15.1 Å². The van der Waals surface area contributed by atoms with Crippen LogP contribution in [0.2, 0.25) is 0 Å². The Bertz CT molecular complexity index is 975. The Hall–Kier alpha value is -3.29. The minimum atomic E-state index is -0.0120. The first kappa shape index (κ1) is 20.0. The van der Waals surface area contributed by atoms with Crippen LogP contribution in [0.1, 0.15) is 48.9 Å². The monoisotopic (exact) mass is 411 g/mol. The summed E-state index contributed by atoms with van der Waals surface area (Å²) in [7, 11) is 0. The summed E-state index contributed by atoms with van der Waals surface area (Å²) in [5, 5.41) is 8.29. The summed E-state index contributed by atoms with van der Waals surface area (Å²) in [5.74, 6) is 2.44. The molecule has 0 atom stereocenters. The van der Waals surface area contributed by atoms with Crippen molar-refractivity contribution in [2.75, 3.05) is 26.3 Å². The van der Waals surface area contributed by atoms with Crippen LogP contribution in [-0.2, 0) is 0 Å². The van der Waals surface area contributed by atoms with E-state index in [0.717, 1.165) is 18.4 Å². The van der Waals surface area contributed by atoms with Gasteiger partial charge in [-0.25, -0.2) is 0 Å². The number of aromatic nitrogens is 2. The molecule has 30 heavy (non-hydrogen) atoms. The number of furan rings is 1. The number of carbonyl (C=O) groups excluding carboxylic acids is 1. The number of carbonyl (C=O) groups is 1. The molecule has 8 heteroatoms. The van der Waals surface area contributed by atoms with Gasteiger partial charge in [-0.1, -0.05) is 0 Å². The molecule has 0 bridgehead atoms. The third-order valence-corrected chi connectivity index (χ3v) is 5.13. The van der Waals surface area contributed by atoms with Crippen molar-refractivity contribution in [2.45, 2.75) is 32.6 Å². The number of rotatable bonds is 7. The van der Waals surface area contributed by atoms with Gasteiger partial charge < -0.3 is 23.2 Å². The Kier molecular flexibility index (Phi) is 6.02. The standard InChI is InChI=1S/C22H25N3O5/c1-3-28-18-6-5-16(13-19(18)29-4-2)22(26)25-10-7-15(8-11-25)20-23-24-21(30-20)17-9-12-27-14-17/h5-6,9,12-15H,3-4,7-8,10-11H2,1-2H3. The van der Waals surface area contributed by atoms with E-state index in [1.165, 1.54) is 0 Å². The molecule has 4 rings (SSSR count). The Morgan fingerprint density at radius 2 is 1.87 bits per heavy atom. The molecule has 0 spiro atoms. The van der Waals surface area contributed by atoms with E-state index in [9.17, 15) is 4.79 Å². The van der Waals surface area contributed by atoms with E-state index >= 15 is 0 Å². The van der Waals surface area contributed by atoms with E-state index in [-0.39, 0.29) is 11.8 Å². The lowest BCUT2D eigenvalue weighted by Gasteiger charge is -2.30. The van der Waals surface area contributed by atoms with Gasteiger partial charge in [-0.15, -0.1) is 10.2 Å². The Balaban J connectivity index is 1.40. The number of benzene rings is 1. The minimum Gasteiger partial charge on any atom is -0.490 e. The number of hydrogen-bond acceptors (Lipinski definition) is 7. The highest BCUT2D eigenvalue weighted by Gasteiger charge is 2.28. The van der Waals surface area contributed by atoms with Gasteiger partial charge in [-0.3, -0.25) is 4.79 Å². The highest BCUT2D eigenvalue weighted by Crippen LogP contribution is 2.32. The van der Waals surface area contributed by atoms with Crippen LogP contribution in [-0.4, -0.2) is 47.3 Å². The van der Waals surface area contributed by atoms with Crippen LogP contribution in [0.15, 0.2) is 45.6 Å². The molecule has 0 unspecified atom stereocenters. The molecule has 1 fully saturated rings. The van der Waals surface area contributed by atoms with E-state index in [0.29, 0.717) is 55.1 Å². The van der Waals surface area contributed by atoms with Gasteiger partial charge in [0.05, 0.1) is 25.0 Å². The summed E-state index contributed by atoms with van der Waals surface area (Å²) in [6.07, 6.45) is 4.69. The van der Waals surface area contributed by atoms with Gasteiger partial charge >= 0.3 is 0 Å². The molecular formula is C22H25N3O5. The first-order valence-corrected chi connectivity index (χ1v) is 10.2. The van der Waals surface area contributed by atoms with Crippen molar-refractivity contribution in [1.29, 1.82) is 0 Å². The summed E-state index contributed by atoms with van der Waals surface area (Å²) in [6, 6.07) is 7.13. The van der Waals surface area contributed by atoms with E-state index in [1.54, 1.807) is 36.8 Å². The number of hydrogen-bond donors (Lipinski definition) is 0. The Morgan fingerprint density at radius 1 is 1.10 bits per heavy atom. The van der Waals surface area contributed by atoms with Crippen LogP contribution >= 0.6 is 0 Å². The fourth-order valence-electron chi connectivity index (χ4n) is 3.60. The van der Waals surface area contributed by atoms with Crippen LogP contribution in [0.4, 0.5) is 0 Å². The maximum atomic E-state index is 13.0. The summed E-state index contributed by atoms with van der Waals surface area (Å²) >= 11 is 0. The fraction of sp³-hybridized carbons (Fsp3) is 0.409. The molecule has 1 amide bonds. The van der Waals surface area contributed by atoms with Gasteiger partial charge in [0.25, 0.3) is 11.8 Å². The quantitative estimate of drug-likeness (QED) is 0.577. The normalized spacial score (nSPS) is 14.7. The zero-order chi connectivity index (χ0) is 20.9. The van der Waals surface area contributed by atoms with Crippen molar-refractivity contribution in [3.8, 4) is 23.0 Å². The van der Waals surface area contributed by atoms with Gasteiger partial charge in [-0.05, 0) is 51.0 Å². The summed E-state index contributed by atoms with van der Waals surface area (Å²) in [6.45, 7) is 6.13. The topological polar surface area (TPSA) is 90.8 Å². The lowest BCUT2D eigenvalue weighted by atomic mass is 9.96. The molecule has 0 radical (unpaired) electrons. The first-order valence-electron chi connectivity index (χ1n) is 10.2. The highest BCUT2D eigenvalue weighted by molar-refractivity contribution is 5.95. The maximum absolute atomic E-state index is 13.0. The smallest absolute Gasteiger partial charge is 0.253 e. The van der Waals surface area contributed by atoms with Crippen LogP contribution in [0, 0.1) is 0 Å². The van der Waals surface area contributed by atoms with Gasteiger partial charge in [0.1, 0.15) is 6.26 Å². The number of nitrogens with zero attached hydrogens (tertiary/aromatic N) is 3. The van der Waals surface area contributed by atoms with Crippen molar-refractivity contribution >= 4 is 5.91 Å². The predicted molar refractivity (Wildman–Crippen MR) is 109 cm³/mol. The van der Waals surface area contributed by atoms with E-state index in [4.69, 9.17) is 18.3 Å². The van der Waals surface area contributed by atoms with Crippen LogP contribution in [0.5, 0.6) is 11.5 Å². The number of amides is 1. The van der Waals surface area contributed by atoms with Crippen LogP contribution in [0.25, 0.3) is 11.5 Å². The lowest BCUT2D eigenvalue weighted by Crippen LogP contribution is -2.38. The van der Waals surface area contributed by atoms with E-state index in [2.05, 4.69) is 10.2 Å². The van der Waals surface area contributed by atoms with Gasteiger partial charge in [-0.2, -0.15) is 0 Å². The van der Waals surface area contributed by atoms with E-state index < -0.39 is 0 Å². The van der Waals surface area contributed by atoms with Crippen molar-refractivity contribution in [3.05, 3.63) is 48.2 Å². The average Bonchev–Trinajstić information content (AvgIpc) is 3.47. The van der Waals surface area contributed by atoms with Gasteiger partial charge in [0, 0.05) is 24.6 Å². The zero-order valence-corrected chi connectivity index (χ0v) is 17.2. The van der Waals surface area contributed by atoms with Gasteiger partial charge in [0.15, 0.2) is 11.5 Å². The Morgan fingerprint density at radius 3 is 2.57 bits per heavy atom.